The molecule has 2 heterocycles. The van der Waals surface area contributed by atoms with Crippen LogP contribution in [0.2, 0.25) is 0 Å². The lowest BCUT2D eigenvalue weighted by Gasteiger charge is -2.36. The molecule has 0 aliphatic carbocycles. The number of hydrogen-bond donors (Lipinski definition) is 3. The van der Waals surface area contributed by atoms with Crippen molar-refractivity contribution in [3.8, 4) is 0 Å². The lowest BCUT2D eigenvalue weighted by atomic mass is 9.87. The summed E-state index contributed by atoms with van der Waals surface area (Å²) in [6, 6.07) is 16.6. The van der Waals surface area contributed by atoms with Gasteiger partial charge in [-0.2, -0.15) is 0 Å². The van der Waals surface area contributed by atoms with Gasteiger partial charge >= 0.3 is 12.1 Å². The van der Waals surface area contributed by atoms with Gasteiger partial charge in [0.15, 0.2) is 0 Å². The summed E-state index contributed by atoms with van der Waals surface area (Å²) in [5, 5.41) is 7.57. The number of aromatic nitrogens is 1. The van der Waals surface area contributed by atoms with Gasteiger partial charge in [0.25, 0.3) is 0 Å². The van der Waals surface area contributed by atoms with Gasteiger partial charge < -0.3 is 19.8 Å². The molecule has 0 saturated heterocycles. The number of hydrogen-bond acceptors (Lipinski definition) is 5. The normalized spacial score (nSPS) is 18.5. The number of carbonyl (C=O) groups excluding carboxylic acids is 2. The predicted octanol–water partition coefficient (Wildman–Crippen LogP) is 4.24. The molecule has 0 radical (unpaired) electrons. The smallest absolute Gasteiger partial charge is 0.407 e. The number of H-pyrrole nitrogens is 1. The molecule has 1 aliphatic heterocycles. The van der Waals surface area contributed by atoms with E-state index in [-0.39, 0.29) is 24.7 Å². The Hall–Kier alpha value is -3.32. The van der Waals surface area contributed by atoms with Crippen LogP contribution in [0.3, 0.4) is 0 Å². The number of nitrogens with one attached hydrogen (secondary N) is 3. The number of aromatic amines is 1. The largest absolute Gasteiger partial charge is 0.468 e. The van der Waals surface area contributed by atoms with E-state index in [2.05, 4.69) is 35.5 Å². The van der Waals surface area contributed by atoms with Gasteiger partial charge in [-0.25, -0.2) is 4.79 Å². The van der Waals surface area contributed by atoms with Crippen molar-refractivity contribution in [1.29, 1.82) is 0 Å². The molecule has 4 rings (SSSR count). The molecule has 3 N–H and O–H groups in total. The van der Waals surface area contributed by atoms with Crippen LogP contribution in [0.4, 0.5) is 4.79 Å². The summed E-state index contributed by atoms with van der Waals surface area (Å²) in [5.41, 5.74) is 4.01. The van der Waals surface area contributed by atoms with Gasteiger partial charge in [0.2, 0.25) is 0 Å². The minimum Gasteiger partial charge on any atom is -0.468 e. The van der Waals surface area contributed by atoms with Gasteiger partial charge in [-0.3, -0.25) is 10.1 Å². The first-order chi connectivity index (χ1) is 16.0. The number of rotatable bonds is 7. The molecule has 1 aromatic heterocycles. The van der Waals surface area contributed by atoms with Crippen molar-refractivity contribution in [3.63, 3.8) is 0 Å². The van der Waals surface area contributed by atoms with Gasteiger partial charge in [0.05, 0.1) is 19.2 Å². The van der Waals surface area contributed by atoms with Crippen LogP contribution in [0.15, 0.2) is 54.6 Å². The van der Waals surface area contributed by atoms with Crippen molar-refractivity contribution < 1.29 is 19.1 Å². The van der Waals surface area contributed by atoms with Crippen LogP contribution >= 0.6 is 0 Å². The number of alkyl carbamates (subject to hydrolysis) is 1. The quantitative estimate of drug-likeness (QED) is 0.469. The van der Waals surface area contributed by atoms with E-state index in [4.69, 9.17) is 9.47 Å². The molecule has 0 spiro atoms. The van der Waals surface area contributed by atoms with Crippen LogP contribution in [0, 0.1) is 5.92 Å². The van der Waals surface area contributed by atoms with E-state index in [1.54, 1.807) is 0 Å². The second kappa shape index (κ2) is 10.1. The highest BCUT2D eigenvalue weighted by Crippen LogP contribution is 2.35. The van der Waals surface area contributed by atoms with E-state index in [0.29, 0.717) is 18.8 Å². The molecule has 0 saturated carbocycles. The molecule has 33 heavy (non-hydrogen) atoms. The summed E-state index contributed by atoms with van der Waals surface area (Å²) < 4.78 is 10.5. The second-order valence-electron chi connectivity index (χ2n) is 8.93. The lowest BCUT2D eigenvalue weighted by molar-refractivity contribution is -0.143. The zero-order chi connectivity index (χ0) is 23.4. The number of fused-ring (bicyclic) bond motifs is 3. The van der Waals surface area contributed by atoms with Crippen molar-refractivity contribution in [2.24, 2.45) is 5.92 Å². The Morgan fingerprint density at radius 3 is 2.55 bits per heavy atom. The summed E-state index contributed by atoms with van der Waals surface area (Å²) in [6.07, 6.45) is 0.750. The van der Waals surface area contributed by atoms with E-state index < -0.39 is 12.1 Å². The highest BCUT2D eigenvalue weighted by atomic mass is 16.5. The first-order valence-electron chi connectivity index (χ1n) is 11.4. The maximum atomic E-state index is 12.7. The second-order valence-corrected chi connectivity index (χ2v) is 8.93. The number of para-hydroxylation sites is 1. The summed E-state index contributed by atoms with van der Waals surface area (Å²) in [5.74, 6) is 0.00318. The standard InChI is InChI=1S/C26H31N3O4/c1-16(2)13-21(29-26(31)33-15-17-9-5-4-6-10-17)24-23-19(14-22(28-24)25(30)32-3)18-11-7-8-12-20(18)27-23/h4-12,16,21-22,24,27-28H,13-15H2,1-3H3,(H,29,31)/t21-,22-,24-/m0/s1. The van der Waals surface area contributed by atoms with Crippen LogP contribution in [0.1, 0.15) is 43.1 Å². The zero-order valence-electron chi connectivity index (χ0n) is 19.3. The maximum absolute atomic E-state index is 12.7. The fraction of sp³-hybridized carbons (Fsp3) is 0.385. The van der Waals surface area contributed by atoms with Crippen LogP contribution < -0.4 is 10.6 Å². The van der Waals surface area contributed by atoms with Crippen molar-refractivity contribution in [1.82, 2.24) is 15.6 Å². The zero-order valence-corrected chi connectivity index (χ0v) is 19.3. The minimum absolute atomic E-state index is 0.196. The Labute approximate surface area is 193 Å². The van der Waals surface area contributed by atoms with Gasteiger partial charge in [-0.15, -0.1) is 0 Å². The highest BCUT2D eigenvalue weighted by Gasteiger charge is 2.38. The van der Waals surface area contributed by atoms with E-state index in [1.165, 1.54) is 7.11 Å². The monoisotopic (exact) mass is 449 g/mol. The van der Waals surface area contributed by atoms with Crippen molar-refractivity contribution in [2.45, 2.75) is 51.4 Å². The molecule has 1 aliphatic rings. The van der Waals surface area contributed by atoms with Crippen molar-refractivity contribution in [2.75, 3.05) is 7.11 Å². The third-order valence-electron chi connectivity index (χ3n) is 6.08. The molecule has 0 unspecified atom stereocenters. The topological polar surface area (TPSA) is 92.5 Å². The molecule has 174 valence electrons. The summed E-state index contributed by atoms with van der Waals surface area (Å²) >= 11 is 0. The van der Waals surface area contributed by atoms with Gasteiger partial charge in [-0.05, 0) is 29.5 Å². The fourth-order valence-corrected chi connectivity index (χ4v) is 4.58. The molecule has 7 heteroatoms. The first kappa shape index (κ1) is 22.9. The van der Waals surface area contributed by atoms with Gasteiger partial charge in [0.1, 0.15) is 12.6 Å². The Balaban J connectivity index is 1.61. The molecule has 3 atom stereocenters. The molecule has 0 fully saturated rings. The summed E-state index contributed by atoms with van der Waals surface area (Å²) in [7, 11) is 1.40. The Kier molecular flexibility index (Phi) is 6.99. The molecular formula is C26H31N3O4. The number of benzene rings is 2. The van der Waals surface area contributed by atoms with E-state index in [0.717, 1.165) is 27.7 Å². The molecule has 7 nitrogen and oxygen atoms in total. The molecular weight excluding hydrogens is 418 g/mol. The third-order valence-corrected chi connectivity index (χ3v) is 6.08. The highest BCUT2D eigenvalue weighted by molar-refractivity contribution is 5.87. The third kappa shape index (κ3) is 5.20. The number of amides is 1. The number of ether oxygens (including phenoxy) is 2. The SMILES string of the molecule is COC(=O)[C@@H]1Cc2c([nH]c3ccccc23)[C@H]([C@H](CC(C)C)NC(=O)OCc2ccccc2)N1. The van der Waals surface area contributed by atoms with E-state index in [9.17, 15) is 9.59 Å². The Morgan fingerprint density at radius 1 is 1.09 bits per heavy atom. The molecule has 0 bridgehead atoms. The van der Waals surface area contributed by atoms with Crippen molar-refractivity contribution in [3.05, 3.63) is 71.4 Å². The van der Waals surface area contributed by atoms with E-state index in [1.807, 2.05) is 48.5 Å². The van der Waals surface area contributed by atoms with Crippen LogP contribution in [0.25, 0.3) is 10.9 Å². The Bertz CT molecular complexity index is 1110. The van der Waals surface area contributed by atoms with Crippen LogP contribution in [0.5, 0.6) is 0 Å². The summed E-state index contributed by atoms with van der Waals surface area (Å²) in [4.78, 5) is 28.8. The maximum Gasteiger partial charge on any atom is 0.407 e. The average Bonchev–Trinajstić information content (AvgIpc) is 3.20. The fourth-order valence-electron chi connectivity index (χ4n) is 4.58. The number of esters is 1. The van der Waals surface area contributed by atoms with E-state index >= 15 is 0 Å². The average molecular weight is 450 g/mol. The lowest BCUT2D eigenvalue weighted by Crippen LogP contribution is -2.53. The molecule has 3 aromatic rings. The van der Waals surface area contributed by atoms with Gasteiger partial charge in [0, 0.05) is 23.0 Å². The summed E-state index contributed by atoms with van der Waals surface area (Å²) in [6.45, 7) is 4.41. The predicted molar refractivity (Wildman–Crippen MR) is 127 cm³/mol. The number of methoxy groups -OCH3 is 1. The van der Waals surface area contributed by atoms with Gasteiger partial charge in [-0.1, -0.05) is 62.4 Å². The van der Waals surface area contributed by atoms with Crippen molar-refractivity contribution >= 4 is 23.0 Å². The first-order valence-corrected chi connectivity index (χ1v) is 11.4. The Morgan fingerprint density at radius 2 is 1.82 bits per heavy atom. The van der Waals surface area contributed by atoms with Crippen LogP contribution in [-0.4, -0.2) is 36.2 Å². The minimum atomic E-state index is -0.497. The molecule has 2 aromatic carbocycles. The molecule has 1 amide bonds. The number of carbonyl (C=O) groups is 2. The van der Waals surface area contributed by atoms with Crippen LogP contribution in [-0.2, 0) is 27.3 Å².